The maximum absolute atomic E-state index is 13.1. The van der Waals surface area contributed by atoms with Crippen molar-refractivity contribution >= 4 is 51.9 Å². The van der Waals surface area contributed by atoms with Crippen LogP contribution in [0.3, 0.4) is 0 Å². The molecule has 9 heteroatoms. The smallest absolute Gasteiger partial charge is 0.308 e. The molecule has 1 amide bonds. The third-order valence-corrected chi connectivity index (χ3v) is 5.45. The predicted octanol–water partition coefficient (Wildman–Crippen LogP) is 4.04. The van der Waals surface area contributed by atoms with Crippen LogP contribution in [0.15, 0.2) is 41.3 Å². The van der Waals surface area contributed by atoms with Crippen molar-refractivity contribution in [3.63, 3.8) is 0 Å². The molecule has 1 aliphatic rings. The van der Waals surface area contributed by atoms with E-state index in [2.05, 4.69) is 0 Å². The zero-order chi connectivity index (χ0) is 21.8. The van der Waals surface area contributed by atoms with Crippen molar-refractivity contribution in [3.8, 4) is 23.0 Å². The van der Waals surface area contributed by atoms with Crippen LogP contribution in [-0.2, 0) is 9.59 Å². The zero-order valence-corrected chi connectivity index (χ0v) is 18.4. The molecular formula is C21H19NO6S2. The Kier molecular flexibility index (Phi) is 6.63. The Morgan fingerprint density at radius 2 is 1.63 bits per heavy atom. The van der Waals surface area contributed by atoms with Crippen LogP contribution in [0.4, 0.5) is 5.69 Å². The van der Waals surface area contributed by atoms with Crippen LogP contribution in [0.2, 0.25) is 0 Å². The van der Waals surface area contributed by atoms with Gasteiger partial charge in [-0.05, 0) is 35.9 Å². The number of methoxy groups -OCH3 is 3. The van der Waals surface area contributed by atoms with Gasteiger partial charge in [-0.15, -0.1) is 0 Å². The van der Waals surface area contributed by atoms with Crippen molar-refractivity contribution in [2.75, 3.05) is 26.2 Å². The van der Waals surface area contributed by atoms with E-state index in [4.69, 9.17) is 31.2 Å². The molecule has 2 aromatic carbocycles. The van der Waals surface area contributed by atoms with Crippen LogP contribution in [0.5, 0.6) is 23.0 Å². The maximum Gasteiger partial charge on any atom is 0.308 e. The largest absolute Gasteiger partial charge is 0.495 e. The van der Waals surface area contributed by atoms with Crippen LogP contribution < -0.4 is 23.8 Å². The minimum Gasteiger partial charge on any atom is -0.495 e. The van der Waals surface area contributed by atoms with Crippen molar-refractivity contribution in [3.05, 3.63) is 46.9 Å². The van der Waals surface area contributed by atoms with Gasteiger partial charge in [-0.2, -0.15) is 0 Å². The number of anilines is 1. The van der Waals surface area contributed by atoms with Gasteiger partial charge in [0.2, 0.25) is 5.75 Å². The molecule has 0 radical (unpaired) electrons. The van der Waals surface area contributed by atoms with Gasteiger partial charge >= 0.3 is 5.97 Å². The van der Waals surface area contributed by atoms with Crippen molar-refractivity contribution < 1.29 is 28.5 Å². The number of carbonyl (C=O) groups is 2. The molecule has 0 aromatic heterocycles. The fourth-order valence-electron chi connectivity index (χ4n) is 2.87. The lowest BCUT2D eigenvalue weighted by Crippen LogP contribution is -2.27. The lowest BCUT2D eigenvalue weighted by atomic mass is 10.1. The summed E-state index contributed by atoms with van der Waals surface area (Å²) >= 11 is 6.61. The molecule has 0 unspecified atom stereocenters. The standard InChI is InChI=1S/C21H19NO6S2/c1-12(23)28-19-16(26-3)9-13(10-17(19)27-4)11-18-20(24)22(21(29)30-18)14-7-5-6-8-15(14)25-2/h5-11H,1-4H3. The van der Waals surface area contributed by atoms with Crippen molar-refractivity contribution in [2.24, 2.45) is 0 Å². The maximum atomic E-state index is 13.1. The summed E-state index contributed by atoms with van der Waals surface area (Å²) < 4.78 is 21.6. The number of thiocarbonyl (C=S) groups is 1. The molecule has 0 atom stereocenters. The van der Waals surface area contributed by atoms with Crippen molar-refractivity contribution in [1.29, 1.82) is 0 Å². The first-order chi connectivity index (χ1) is 14.4. The van der Waals surface area contributed by atoms with Gasteiger partial charge < -0.3 is 18.9 Å². The van der Waals surface area contributed by atoms with Crippen molar-refractivity contribution in [1.82, 2.24) is 0 Å². The van der Waals surface area contributed by atoms with E-state index in [1.54, 1.807) is 30.3 Å². The average molecular weight is 446 g/mol. The number of hydrogen-bond acceptors (Lipinski definition) is 8. The summed E-state index contributed by atoms with van der Waals surface area (Å²) in [4.78, 5) is 26.3. The fourth-order valence-corrected chi connectivity index (χ4v) is 4.15. The van der Waals surface area contributed by atoms with Crippen LogP contribution in [-0.4, -0.2) is 37.5 Å². The number of benzene rings is 2. The Labute approximate surface area is 183 Å². The van der Waals surface area contributed by atoms with E-state index in [9.17, 15) is 9.59 Å². The van der Waals surface area contributed by atoms with Gasteiger partial charge in [-0.1, -0.05) is 36.1 Å². The number of nitrogens with zero attached hydrogens (tertiary/aromatic N) is 1. The Morgan fingerprint density at radius 3 is 2.20 bits per heavy atom. The molecule has 0 N–H and O–H groups in total. The topological polar surface area (TPSA) is 74.3 Å². The lowest BCUT2D eigenvalue weighted by molar-refractivity contribution is -0.132. The molecule has 7 nitrogen and oxygen atoms in total. The van der Waals surface area contributed by atoms with Crippen molar-refractivity contribution in [2.45, 2.75) is 6.92 Å². The second-order valence-electron chi connectivity index (χ2n) is 6.04. The van der Waals surface area contributed by atoms with Gasteiger partial charge in [0.05, 0.1) is 31.9 Å². The van der Waals surface area contributed by atoms with Crippen LogP contribution >= 0.6 is 24.0 Å². The normalized spacial score (nSPS) is 14.8. The summed E-state index contributed by atoms with van der Waals surface area (Å²) in [7, 11) is 4.44. The summed E-state index contributed by atoms with van der Waals surface area (Å²) in [6.07, 6.45) is 1.68. The first-order valence-corrected chi connectivity index (χ1v) is 9.97. The Hall–Kier alpha value is -3.04. The zero-order valence-electron chi connectivity index (χ0n) is 16.8. The van der Waals surface area contributed by atoms with Gasteiger partial charge in [0, 0.05) is 6.92 Å². The molecule has 3 rings (SSSR count). The number of carbonyl (C=O) groups excluding carboxylic acids is 2. The second-order valence-corrected chi connectivity index (χ2v) is 7.71. The van der Waals surface area contributed by atoms with Crippen LogP contribution in [0.1, 0.15) is 12.5 Å². The molecular weight excluding hydrogens is 426 g/mol. The SMILES string of the molecule is COc1ccccc1N1C(=O)C(=Cc2cc(OC)c(OC(C)=O)c(OC)c2)SC1=S. The monoisotopic (exact) mass is 445 g/mol. The number of amides is 1. The predicted molar refractivity (Wildman–Crippen MR) is 120 cm³/mol. The fraction of sp³-hybridized carbons (Fsp3) is 0.190. The van der Waals surface area contributed by atoms with Crippen LogP contribution in [0.25, 0.3) is 6.08 Å². The quantitative estimate of drug-likeness (QED) is 0.285. The summed E-state index contributed by atoms with van der Waals surface area (Å²) in [5.41, 5.74) is 1.20. The van der Waals surface area contributed by atoms with Gasteiger partial charge in [-0.3, -0.25) is 14.5 Å². The number of esters is 1. The lowest BCUT2D eigenvalue weighted by Gasteiger charge is -2.17. The highest BCUT2D eigenvalue weighted by molar-refractivity contribution is 8.27. The van der Waals surface area contributed by atoms with E-state index >= 15 is 0 Å². The highest BCUT2D eigenvalue weighted by Crippen LogP contribution is 2.42. The first-order valence-electron chi connectivity index (χ1n) is 8.75. The molecule has 156 valence electrons. The molecule has 0 saturated carbocycles. The second kappa shape index (κ2) is 9.19. The van der Waals surface area contributed by atoms with Gasteiger partial charge in [0.1, 0.15) is 5.75 Å². The average Bonchev–Trinajstić information content (AvgIpc) is 3.01. The van der Waals surface area contributed by atoms with E-state index in [0.717, 1.165) is 0 Å². The van der Waals surface area contributed by atoms with E-state index in [1.807, 2.05) is 12.1 Å². The van der Waals surface area contributed by atoms with Gasteiger partial charge in [-0.25, -0.2) is 0 Å². The van der Waals surface area contributed by atoms with E-state index in [0.29, 0.717) is 37.7 Å². The number of para-hydroxylation sites is 2. The minimum absolute atomic E-state index is 0.172. The number of rotatable bonds is 6. The highest BCUT2D eigenvalue weighted by atomic mass is 32.2. The molecule has 0 bridgehead atoms. The summed E-state index contributed by atoms with van der Waals surface area (Å²) in [5.74, 6) is 0.552. The molecule has 30 heavy (non-hydrogen) atoms. The highest BCUT2D eigenvalue weighted by Gasteiger charge is 2.35. The minimum atomic E-state index is -0.503. The Bertz CT molecular complexity index is 1020. The van der Waals surface area contributed by atoms with Gasteiger partial charge in [0.15, 0.2) is 15.8 Å². The molecule has 1 heterocycles. The Balaban J connectivity index is 2.00. The first kappa shape index (κ1) is 21.7. The third kappa shape index (κ3) is 4.27. The van der Waals surface area contributed by atoms with Crippen LogP contribution in [0, 0.1) is 0 Å². The summed E-state index contributed by atoms with van der Waals surface area (Å²) in [6, 6.07) is 10.5. The molecule has 1 aliphatic heterocycles. The third-order valence-electron chi connectivity index (χ3n) is 4.15. The molecule has 2 aromatic rings. The molecule has 0 aliphatic carbocycles. The number of hydrogen-bond donors (Lipinski definition) is 0. The number of ether oxygens (including phenoxy) is 4. The number of thioether (sulfide) groups is 1. The summed E-state index contributed by atoms with van der Waals surface area (Å²) in [6.45, 7) is 1.29. The molecule has 0 spiro atoms. The molecule has 1 saturated heterocycles. The molecule has 1 fully saturated rings. The Morgan fingerprint density at radius 1 is 1.03 bits per heavy atom. The van der Waals surface area contributed by atoms with Gasteiger partial charge in [0.25, 0.3) is 5.91 Å². The summed E-state index contributed by atoms with van der Waals surface area (Å²) in [5, 5.41) is 0. The van der Waals surface area contributed by atoms with E-state index in [-0.39, 0.29) is 11.7 Å². The van der Waals surface area contributed by atoms with E-state index < -0.39 is 5.97 Å². The van der Waals surface area contributed by atoms with E-state index in [1.165, 1.54) is 44.9 Å².